The number of esters is 1. The normalized spacial score (nSPS) is 14.2. The van der Waals surface area contributed by atoms with Gasteiger partial charge in [0.2, 0.25) is 0 Å². The van der Waals surface area contributed by atoms with Gasteiger partial charge in [-0.25, -0.2) is 9.79 Å². The first-order valence-electron chi connectivity index (χ1n) is 14.0. The van der Waals surface area contributed by atoms with Crippen LogP contribution in [0.15, 0.2) is 80.6 Å². The number of nitro groups is 1. The van der Waals surface area contributed by atoms with Gasteiger partial charge in [0.25, 0.3) is 11.2 Å². The number of carbonyl (C=O) groups is 1. The number of ether oxygens (including phenoxy) is 4. The van der Waals surface area contributed by atoms with Crippen molar-refractivity contribution in [1.29, 1.82) is 0 Å². The molecule has 0 saturated heterocycles. The third kappa shape index (κ3) is 7.03. The topological polar surface area (TPSA) is 131 Å². The third-order valence-corrected chi connectivity index (χ3v) is 9.24. The van der Waals surface area contributed by atoms with Crippen molar-refractivity contribution in [2.75, 3.05) is 20.3 Å². The number of aromatic nitrogens is 1. The lowest BCUT2D eigenvalue weighted by Gasteiger charge is -2.23. The zero-order valence-corrected chi connectivity index (χ0v) is 29.4. The molecule has 0 aliphatic carbocycles. The average molecular weight is 820 g/mol. The maximum absolute atomic E-state index is 14.0. The van der Waals surface area contributed by atoms with Crippen LogP contribution in [0.25, 0.3) is 6.08 Å². The van der Waals surface area contributed by atoms with E-state index in [1.807, 2.05) is 26.0 Å². The Morgan fingerprint density at radius 2 is 1.80 bits per heavy atom. The SMILES string of the molecule is CCOc1ccc([C@@H]2C(C(=O)OC)=CN=c3s/c(=C\c4cc(Br)c(OCc5ccc([N+](=O)[O-])cc5)c(I)c4)c(=O)n32)cc1OCC. The highest BCUT2D eigenvalue weighted by Crippen LogP contribution is 2.36. The Morgan fingerprint density at radius 1 is 1.09 bits per heavy atom. The molecule has 4 aromatic rings. The van der Waals surface area contributed by atoms with E-state index in [0.717, 1.165) is 14.7 Å². The summed E-state index contributed by atoms with van der Waals surface area (Å²) < 4.78 is 26.0. The second-order valence-electron chi connectivity index (χ2n) is 9.77. The van der Waals surface area contributed by atoms with Crippen LogP contribution < -0.4 is 29.1 Å². The fraction of sp³-hybridized carbons (Fsp3) is 0.219. The number of rotatable bonds is 11. The molecule has 0 fully saturated rings. The van der Waals surface area contributed by atoms with E-state index in [9.17, 15) is 19.7 Å². The molecule has 5 rings (SSSR count). The lowest BCUT2D eigenvalue weighted by Crippen LogP contribution is -2.39. The Bertz CT molecular complexity index is 2000. The summed E-state index contributed by atoms with van der Waals surface area (Å²) in [7, 11) is 1.29. The quantitative estimate of drug-likeness (QED) is 0.0820. The van der Waals surface area contributed by atoms with Crippen LogP contribution in [0.3, 0.4) is 0 Å². The Morgan fingerprint density at radius 3 is 2.46 bits per heavy atom. The van der Waals surface area contributed by atoms with E-state index < -0.39 is 16.9 Å². The molecular formula is C32H27BrIN3O8S. The van der Waals surface area contributed by atoms with E-state index in [-0.39, 0.29) is 23.4 Å². The number of halogens is 2. The first-order valence-corrected chi connectivity index (χ1v) is 16.7. The van der Waals surface area contributed by atoms with Crippen molar-refractivity contribution in [3.63, 3.8) is 0 Å². The zero-order chi connectivity index (χ0) is 33.0. The van der Waals surface area contributed by atoms with Crippen molar-refractivity contribution in [2.45, 2.75) is 26.5 Å². The Balaban J connectivity index is 1.51. The molecule has 11 nitrogen and oxygen atoms in total. The van der Waals surface area contributed by atoms with Gasteiger partial charge in [-0.1, -0.05) is 17.4 Å². The molecule has 1 aromatic heterocycles. The van der Waals surface area contributed by atoms with Crippen molar-refractivity contribution in [1.82, 2.24) is 4.57 Å². The van der Waals surface area contributed by atoms with E-state index >= 15 is 0 Å². The van der Waals surface area contributed by atoms with E-state index in [2.05, 4.69) is 43.5 Å². The molecule has 0 amide bonds. The number of thiazole rings is 1. The van der Waals surface area contributed by atoms with Crippen molar-refractivity contribution in [2.24, 2.45) is 4.99 Å². The molecule has 0 unspecified atom stereocenters. The second kappa shape index (κ2) is 14.6. The zero-order valence-electron chi connectivity index (χ0n) is 24.8. The third-order valence-electron chi connectivity index (χ3n) is 6.86. The van der Waals surface area contributed by atoms with Gasteiger partial charge in [-0.15, -0.1) is 0 Å². The molecule has 0 N–H and O–H groups in total. The Kier molecular flexibility index (Phi) is 10.6. The number of hydrogen-bond acceptors (Lipinski definition) is 10. The predicted octanol–water partition coefficient (Wildman–Crippen LogP) is 5.67. The van der Waals surface area contributed by atoms with Crippen LogP contribution in [0.4, 0.5) is 5.69 Å². The van der Waals surface area contributed by atoms with Crippen molar-refractivity contribution in [3.05, 3.63) is 121 Å². The van der Waals surface area contributed by atoms with Gasteiger partial charge in [-0.3, -0.25) is 19.5 Å². The second-order valence-corrected chi connectivity index (χ2v) is 12.8. The molecule has 1 atom stereocenters. The first-order chi connectivity index (χ1) is 22.1. The summed E-state index contributed by atoms with van der Waals surface area (Å²) in [4.78, 5) is 42.2. The smallest absolute Gasteiger partial charge is 0.337 e. The number of non-ortho nitro benzene ring substituents is 1. The minimum absolute atomic E-state index is 0.0109. The Labute approximate surface area is 289 Å². The van der Waals surface area contributed by atoms with Crippen LogP contribution in [0.5, 0.6) is 17.2 Å². The Hall–Kier alpha value is -4.02. The molecule has 0 spiro atoms. The van der Waals surface area contributed by atoms with Gasteiger partial charge >= 0.3 is 5.97 Å². The largest absolute Gasteiger partial charge is 0.490 e. The van der Waals surface area contributed by atoms with Gasteiger partial charge in [0, 0.05) is 18.3 Å². The number of carbonyl (C=O) groups excluding carboxylic acids is 1. The molecule has 3 aromatic carbocycles. The van der Waals surface area contributed by atoms with Gasteiger partial charge < -0.3 is 18.9 Å². The van der Waals surface area contributed by atoms with E-state index in [1.54, 1.807) is 36.4 Å². The van der Waals surface area contributed by atoms with Gasteiger partial charge in [0.05, 0.1) is 49.4 Å². The van der Waals surface area contributed by atoms with Crippen LogP contribution >= 0.6 is 49.9 Å². The van der Waals surface area contributed by atoms with Crippen LogP contribution in [0, 0.1) is 13.7 Å². The van der Waals surface area contributed by atoms with Gasteiger partial charge in [0.15, 0.2) is 16.3 Å². The predicted molar refractivity (Wildman–Crippen MR) is 184 cm³/mol. The van der Waals surface area contributed by atoms with Crippen LogP contribution in [-0.2, 0) is 16.1 Å². The minimum Gasteiger partial charge on any atom is -0.490 e. The molecule has 0 radical (unpaired) electrons. The number of nitro benzene ring substituents is 1. The van der Waals surface area contributed by atoms with E-state index in [1.165, 1.54) is 41.3 Å². The number of hydrogen-bond donors (Lipinski definition) is 0. The summed E-state index contributed by atoms with van der Waals surface area (Å²) in [5.74, 6) is 1.06. The van der Waals surface area contributed by atoms with Gasteiger partial charge in [-0.2, -0.15) is 0 Å². The van der Waals surface area contributed by atoms with Gasteiger partial charge in [0.1, 0.15) is 12.4 Å². The number of benzene rings is 3. The molecule has 238 valence electrons. The van der Waals surface area contributed by atoms with Crippen LogP contribution in [0.2, 0.25) is 0 Å². The fourth-order valence-electron chi connectivity index (χ4n) is 4.81. The summed E-state index contributed by atoms with van der Waals surface area (Å²) in [6.07, 6.45) is 3.21. The van der Waals surface area contributed by atoms with E-state index in [0.29, 0.717) is 49.8 Å². The standard InChI is InChI=1S/C32H27BrIN3O8S/c1-4-43-25-11-8-20(15-26(25)44-5-2)28-22(31(39)42-3)16-35-32-36(28)30(38)27(46-32)14-19-12-23(33)29(24(34)13-19)45-17-18-6-9-21(10-7-18)37(40)41/h6-16,28H,4-5,17H2,1-3H3/b27-14-/t28-/m1/s1. The fourth-order valence-corrected chi connectivity index (χ4v) is 7.55. The van der Waals surface area contributed by atoms with Gasteiger partial charge in [-0.05, 0) is 112 Å². The summed E-state index contributed by atoms with van der Waals surface area (Å²) in [5.41, 5.74) is 2.06. The summed E-state index contributed by atoms with van der Waals surface area (Å²) in [6, 6.07) is 14.4. The van der Waals surface area contributed by atoms with Crippen LogP contribution in [-0.4, -0.2) is 35.8 Å². The highest BCUT2D eigenvalue weighted by molar-refractivity contribution is 14.1. The van der Waals surface area contributed by atoms with Crippen molar-refractivity contribution < 1.29 is 28.7 Å². The maximum Gasteiger partial charge on any atom is 0.337 e. The average Bonchev–Trinajstić information content (AvgIpc) is 3.35. The molecular weight excluding hydrogens is 793 g/mol. The molecule has 46 heavy (non-hydrogen) atoms. The maximum atomic E-state index is 14.0. The number of methoxy groups -OCH3 is 1. The molecule has 14 heteroatoms. The molecule has 1 aliphatic heterocycles. The summed E-state index contributed by atoms with van der Waals surface area (Å²) >= 11 is 6.94. The number of fused-ring (bicyclic) bond motifs is 1. The monoisotopic (exact) mass is 819 g/mol. The van der Waals surface area contributed by atoms with Crippen molar-refractivity contribution >= 4 is 67.6 Å². The van der Waals surface area contributed by atoms with E-state index in [4.69, 9.17) is 18.9 Å². The highest BCUT2D eigenvalue weighted by atomic mass is 127. The molecule has 1 aliphatic rings. The lowest BCUT2D eigenvalue weighted by molar-refractivity contribution is -0.384. The lowest BCUT2D eigenvalue weighted by atomic mass is 9.97. The highest BCUT2D eigenvalue weighted by Gasteiger charge is 2.31. The molecule has 0 bridgehead atoms. The van der Waals surface area contributed by atoms with Crippen LogP contribution in [0.1, 0.15) is 36.6 Å². The van der Waals surface area contributed by atoms with Crippen molar-refractivity contribution in [3.8, 4) is 17.2 Å². The first kappa shape index (κ1) is 33.3. The summed E-state index contributed by atoms with van der Waals surface area (Å²) in [6.45, 7) is 4.80. The number of nitrogens with zero attached hydrogens (tertiary/aromatic N) is 3. The summed E-state index contributed by atoms with van der Waals surface area (Å²) in [5, 5.41) is 10.9. The molecule has 2 heterocycles. The molecule has 0 saturated carbocycles. The minimum atomic E-state index is -0.803.